The number of hydrogen-bond acceptors (Lipinski definition) is 4. The molecule has 4 rings (SSSR count). The monoisotopic (exact) mass is 349 g/mol. The Hall–Kier alpha value is -3.28. The van der Waals surface area contributed by atoms with Gasteiger partial charge >= 0.3 is 0 Å². The van der Waals surface area contributed by atoms with E-state index in [-0.39, 0.29) is 0 Å². The highest BCUT2D eigenvalue weighted by Gasteiger charge is 2.20. The van der Waals surface area contributed by atoms with Crippen molar-refractivity contribution in [1.82, 2.24) is 9.78 Å². The summed E-state index contributed by atoms with van der Waals surface area (Å²) in [6, 6.07) is 13.8. The molecule has 1 aliphatic rings. The Morgan fingerprint density at radius 2 is 2.08 bits per heavy atom. The molecule has 0 fully saturated rings. The molecule has 1 atom stereocenters. The SMILES string of the molecule is C[C@H](Oc1ccc2c(c1)OCc1ccc(-c3ccn(C)n3)cc1-2)C(N)=O. The van der Waals surface area contributed by atoms with Crippen LogP contribution in [0.25, 0.3) is 22.4 Å². The Bertz CT molecular complexity index is 994. The number of primary amides is 1. The number of aromatic nitrogens is 2. The summed E-state index contributed by atoms with van der Waals surface area (Å²) in [4.78, 5) is 11.2. The van der Waals surface area contributed by atoms with E-state index in [1.807, 2.05) is 31.4 Å². The van der Waals surface area contributed by atoms with Crippen molar-refractivity contribution in [3.8, 4) is 33.9 Å². The molecule has 0 spiro atoms. The number of nitrogens with two attached hydrogens (primary N) is 1. The van der Waals surface area contributed by atoms with Gasteiger partial charge in [-0.25, -0.2) is 0 Å². The fourth-order valence-corrected chi connectivity index (χ4v) is 3.02. The summed E-state index contributed by atoms with van der Waals surface area (Å²) in [6.07, 6.45) is 1.23. The summed E-state index contributed by atoms with van der Waals surface area (Å²) >= 11 is 0. The number of fused-ring (bicyclic) bond motifs is 3. The minimum atomic E-state index is -0.695. The van der Waals surface area contributed by atoms with Gasteiger partial charge in [0, 0.05) is 30.4 Å². The number of ether oxygens (including phenoxy) is 2. The summed E-state index contributed by atoms with van der Waals surface area (Å²) < 4.78 is 13.2. The highest BCUT2D eigenvalue weighted by Crippen LogP contribution is 2.41. The topological polar surface area (TPSA) is 79.4 Å². The van der Waals surface area contributed by atoms with Gasteiger partial charge in [0.1, 0.15) is 18.1 Å². The van der Waals surface area contributed by atoms with Gasteiger partial charge in [0.2, 0.25) is 0 Å². The first-order chi connectivity index (χ1) is 12.5. The zero-order chi connectivity index (χ0) is 18.3. The average molecular weight is 349 g/mol. The van der Waals surface area contributed by atoms with Crippen LogP contribution in [0.15, 0.2) is 48.7 Å². The van der Waals surface area contributed by atoms with Gasteiger partial charge in [0.05, 0.1) is 5.69 Å². The van der Waals surface area contributed by atoms with Gasteiger partial charge in [-0.3, -0.25) is 9.48 Å². The number of carbonyl (C=O) groups is 1. The van der Waals surface area contributed by atoms with Crippen molar-refractivity contribution < 1.29 is 14.3 Å². The molecule has 6 heteroatoms. The van der Waals surface area contributed by atoms with Crippen LogP contribution in [0.2, 0.25) is 0 Å². The van der Waals surface area contributed by atoms with Crippen LogP contribution in [0.3, 0.4) is 0 Å². The van der Waals surface area contributed by atoms with Crippen LogP contribution in [0.1, 0.15) is 12.5 Å². The van der Waals surface area contributed by atoms with E-state index in [1.165, 1.54) is 0 Å². The summed E-state index contributed by atoms with van der Waals surface area (Å²) in [5.41, 5.74) is 10.5. The lowest BCUT2D eigenvalue weighted by Crippen LogP contribution is -2.30. The van der Waals surface area contributed by atoms with Gasteiger partial charge in [-0.15, -0.1) is 0 Å². The van der Waals surface area contributed by atoms with E-state index in [0.29, 0.717) is 12.4 Å². The van der Waals surface area contributed by atoms with E-state index in [4.69, 9.17) is 15.2 Å². The lowest BCUT2D eigenvalue weighted by atomic mass is 9.94. The molecule has 0 saturated carbocycles. The van der Waals surface area contributed by atoms with E-state index in [2.05, 4.69) is 23.3 Å². The molecule has 1 amide bonds. The molecule has 6 nitrogen and oxygen atoms in total. The zero-order valence-electron chi connectivity index (χ0n) is 14.6. The van der Waals surface area contributed by atoms with Crippen molar-refractivity contribution in [3.05, 3.63) is 54.2 Å². The minimum absolute atomic E-state index is 0.486. The van der Waals surface area contributed by atoms with Gasteiger partial charge in [-0.05, 0) is 42.3 Å². The maximum Gasteiger partial charge on any atom is 0.258 e. The number of rotatable bonds is 4. The standard InChI is InChI=1S/C20H19N3O3/c1-12(20(21)24)26-15-5-6-16-17-9-13(18-7-8-23(2)22-18)3-4-14(17)11-25-19(16)10-15/h3-10,12H,11H2,1-2H3,(H2,21,24)/t12-/m0/s1. The van der Waals surface area contributed by atoms with Gasteiger partial charge in [0.25, 0.3) is 5.91 Å². The second-order valence-corrected chi connectivity index (χ2v) is 6.36. The lowest BCUT2D eigenvalue weighted by molar-refractivity contribution is -0.123. The molecule has 26 heavy (non-hydrogen) atoms. The highest BCUT2D eigenvalue weighted by molar-refractivity contribution is 5.80. The average Bonchev–Trinajstić information content (AvgIpc) is 3.07. The van der Waals surface area contributed by atoms with Crippen LogP contribution < -0.4 is 15.2 Å². The molecule has 0 radical (unpaired) electrons. The Morgan fingerprint density at radius 1 is 1.23 bits per heavy atom. The third kappa shape index (κ3) is 2.90. The number of hydrogen-bond donors (Lipinski definition) is 1. The number of benzene rings is 2. The molecule has 132 valence electrons. The summed E-state index contributed by atoms with van der Waals surface area (Å²) in [5, 5.41) is 4.47. The molecule has 0 aliphatic carbocycles. The van der Waals surface area contributed by atoms with Crippen molar-refractivity contribution in [1.29, 1.82) is 0 Å². The second kappa shape index (κ2) is 6.22. The Morgan fingerprint density at radius 3 is 2.81 bits per heavy atom. The van der Waals surface area contributed by atoms with Crippen molar-refractivity contribution in [3.63, 3.8) is 0 Å². The van der Waals surface area contributed by atoms with Gasteiger partial charge < -0.3 is 15.2 Å². The Kier molecular flexibility index (Phi) is 3.88. The van der Waals surface area contributed by atoms with Gasteiger partial charge in [-0.2, -0.15) is 5.10 Å². The largest absolute Gasteiger partial charge is 0.488 e. The molecule has 2 heterocycles. The first kappa shape index (κ1) is 16.2. The number of amides is 1. The Labute approximate surface area is 151 Å². The first-order valence-corrected chi connectivity index (χ1v) is 8.37. The van der Waals surface area contributed by atoms with Crippen molar-refractivity contribution >= 4 is 5.91 Å². The quantitative estimate of drug-likeness (QED) is 0.785. The van der Waals surface area contributed by atoms with E-state index in [0.717, 1.165) is 33.7 Å². The van der Waals surface area contributed by atoms with E-state index < -0.39 is 12.0 Å². The van der Waals surface area contributed by atoms with Crippen LogP contribution in [-0.4, -0.2) is 21.8 Å². The normalized spacial score (nSPS) is 13.3. The molecule has 0 bridgehead atoms. The van der Waals surface area contributed by atoms with Gasteiger partial charge in [0.15, 0.2) is 6.10 Å². The molecular weight excluding hydrogens is 330 g/mol. The van der Waals surface area contributed by atoms with Gasteiger partial charge in [-0.1, -0.05) is 12.1 Å². The third-order valence-corrected chi connectivity index (χ3v) is 4.46. The Balaban J connectivity index is 1.71. The molecule has 3 aromatic rings. The van der Waals surface area contributed by atoms with Crippen LogP contribution in [0, 0.1) is 0 Å². The zero-order valence-corrected chi connectivity index (χ0v) is 14.6. The van der Waals surface area contributed by atoms with Crippen LogP contribution >= 0.6 is 0 Å². The predicted octanol–water partition coefficient (Wildman–Crippen LogP) is 2.90. The van der Waals surface area contributed by atoms with Crippen LogP contribution in [-0.2, 0) is 18.4 Å². The molecule has 1 aliphatic heterocycles. The van der Waals surface area contributed by atoms with E-state index >= 15 is 0 Å². The smallest absolute Gasteiger partial charge is 0.258 e. The summed E-state index contributed by atoms with van der Waals surface area (Å²) in [6.45, 7) is 2.11. The van der Waals surface area contributed by atoms with Crippen molar-refractivity contribution in [2.45, 2.75) is 19.6 Å². The minimum Gasteiger partial charge on any atom is -0.488 e. The maximum absolute atomic E-state index is 11.2. The molecule has 1 aromatic heterocycles. The molecule has 0 unspecified atom stereocenters. The number of carbonyl (C=O) groups excluding carboxylic acids is 1. The highest BCUT2D eigenvalue weighted by atomic mass is 16.5. The number of nitrogens with zero attached hydrogens (tertiary/aromatic N) is 2. The summed E-state index contributed by atoms with van der Waals surface area (Å²) in [7, 11) is 1.90. The first-order valence-electron chi connectivity index (χ1n) is 8.37. The fourth-order valence-electron chi connectivity index (χ4n) is 3.02. The fraction of sp³-hybridized carbons (Fsp3) is 0.200. The van der Waals surface area contributed by atoms with Crippen molar-refractivity contribution in [2.75, 3.05) is 0 Å². The molecule has 0 saturated heterocycles. The molecule has 2 N–H and O–H groups in total. The predicted molar refractivity (Wildman–Crippen MR) is 97.7 cm³/mol. The van der Waals surface area contributed by atoms with E-state index in [9.17, 15) is 4.79 Å². The molecule has 2 aromatic carbocycles. The molecular formula is C20H19N3O3. The van der Waals surface area contributed by atoms with Crippen LogP contribution in [0.5, 0.6) is 11.5 Å². The van der Waals surface area contributed by atoms with Crippen LogP contribution in [0.4, 0.5) is 0 Å². The van der Waals surface area contributed by atoms with Crippen molar-refractivity contribution in [2.24, 2.45) is 12.8 Å². The maximum atomic E-state index is 11.2. The summed E-state index contributed by atoms with van der Waals surface area (Å²) in [5.74, 6) is 0.776. The number of aryl methyl sites for hydroxylation is 1. The second-order valence-electron chi connectivity index (χ2n) is 6.36. The lowest BCUT2D eigenvalue weighted by Gasteiger charge is -2.22. The van der Waals surface area contributed by atoms with E-state index in [1.54, 1.807) is 17.7 Å². The third-order valence-electron chi connectivity index (χ3n) is 4.46.